The smallest absolute Gasteiger partial charge is 0.272 e. The molecule has 2 N–H and O–H groups in total. The molecule has 0 radical (unpaired) electrons. The Bertz CT molecular complexity index is 1180. The Hall–Kier alpha value is -3.26. The van der Waals surface area contributed by atoms with Gasteiger partial charge >= 0.3 is 0 Å². The molecule has 3 aromatic heterocycles. The summed E-state index contributed by atoms with van der Waals surface area (Å²) < 4.78 is 1.87. The first kappa shape index (κ1) is 17.2. The Labute approximate surface area is 159 Å². The fourth-order valence-corrected chi connectivity index (χ4v) is 2.97. The van der Waals surface area contributed by atoms with Crippen LogP contribution in [0.15, 0.2) is 47.8 Å². The number of benzene rings is 1. The summed E-state index contributed by atoms with van der Waals surface area (Å²) >= 11 is 6.02. The van der Waals surface area contributed by atoms with Crippen molar-refractivity contribution in [1.82, 2.24) is 29.5 Å². The van der Waals surface area contributed by atoms with Crippen LogP contribution in [0.1, 0.15) is 18.7 Å². The van der Waals surface area contributed by atoms with Crippen LogP contribution in [0.4, 0.5) is 5.95 Å². The van der Waals surface area contributed by atoms with E-state index in [4.69, 9.17) is 11.6 Å². The highest BCUT2D eigenvalue weighted by Crippen LogP contribution is 2.20. The fourth-order valence-electron chi connectivity index (χ4n) is 2.80. The quantitative estimate of drug-likeness (QED) is 0.563. The van der Waals surface area contributed by atoms with Gasteiger partial charge in [0.2, 0.25) is 5.95 Å². The Balaban J connectivity index is 1.65. The number of hydrogen-bond donors (Lipinski definition) is 2. The van der Waals surface area contributed by atoms with E-state index in [0.29, 0.717) is 27.7 Å². The van der Waals surface area contributed by atoms with Crippen LogP contribution in [0.25, 0.3) is 22.4 Å². The maximum atomic E-state index is 12.4. The van der Waals surface area contributed by atoms with Crippen molar-refractivity contribution in [2.75, 3.05) is 5.32 Å². The van der Waals surface area contributed by atoms with E-state index < -0.39 is 6.04 Å². The molecule has 0 fully saturated rings. The number of hydrogen-bond acceptors (Lipinski definition) is 6. The van der Waals surface area contributed by atoms with Gasteiger partial charge < -0.3 is 14.9 Å². The lowest BCUT2D eigenvalue weighted by atomic mass is 10.2. The molecule has 4 aromatic rings. The number of anilines is 1. The highest BCUT2D eigenvalue weighted by Gasteiger charge is 2.15. The van der Waals surface area contributed by atoms with Gasteiger partial charge in [-0.15, -0.1) is 0 Å². The largest absolute Gasteiger partial charge is 0.346 e. The maximum absolute atomic E-state index is 12.4. The number of halogens is 1. The lowest BCUT2D eigenvalue weighted by Crippen LogP contribution is -2.22. The van der Waals surface area contributed by atoms with E-state index in [1.165, 1.54) is 0 Å². The second-order valence-corrected chi connectivity index (χ2v) is 6.57. The van der Waals surface area contributed by atoms with Crippen LogP contribution >= 0.6 is 11.6 Å². The number of aromatic nitrogens is 6. The second kappa shape index (κ2) is 6.81. The molecule has 27 heavy (non-hydrogen) atoms. The van der Waals surface area contributed by atoms with E-state index in [1.54, 1.807) is 43.0 Å². The van der Waals surface area contributed by atoms with E-state index in [9.17, 15) is 4.79 Å². The average molecular weight is 382 g/mol. The first-order valence-corrected chi connectivity index (χ1v) is 8.65. The summed E-state index contributed by atoms with van der Waals surface area (Å²) in [6.45, 7) is 1.83. The molecule has 136 valence electrons. The number of fused-ring (bicyclic) bond motifs is 1. The van der Waals surface area contributed by atoms with Crippen LogP contribution in [0.3, 0.4) is 0 Å². The first-order valence-electron chi connectivity index (χ1n) is 8.27. The van der Waals surface area contributed by atoms with Crippen LogP contribution in [0.2, 0.25) is 5.02 Å². The van der Waals surface area contributed by atoms with Crippen LogP contribution in [-0.2, 0) is 7.05 Å². The van der Waals surface area contributed by atoms with Crippen LogP contribution in [-0.4, -0.2) is 29.5 Å². The molecular weight excluding hydrogens is 366 g/mol. The van der Waals surface area contributed by atoms with Gasteiger partial charge in [-0.1, -0.05) is 11.6 Å². The summed E-state index contributed by atoms with van der Waals surface area (Å²) in [5.74, 6) is 0.397. The number of nitrogens with one attached hydrogen (secondary N) is 2. The van der Waals surface area contributed by atoms with Crippen molar-refractivity contribution < 1.29 is 0 Å². The van der Waals surface area contributed by atoms with Crippen LogP contribution in [0, 0.1) is 0 Å². The Morgan fingerprint density at radius 1 is 1.26 bits per heavy atom. The predicted molar refractivity (Wildman–Crippen MR) is 104 cm³/mol. The Morgan fingerprint density at radius 3 is 2.89 bits per heavy atom. The number of aromatic amines is 1. The minimum absolute atomic E-state index is 0.271. The van der Waals surface area contributed by atoms with E-state index >= 15 is 0 Å². The van der Waals surface area contributed by atoms with Crippen molar-refractivity contribution in [3.63, 3.8) is 0 Å². The van der Waals surface area contributed by atoms with E-state index in [0.717, 1.165) is 11.4 Å². The minimum atomic E-state index is -0.404. The summed E-state index contributed by atoms with van der Waals surface area (Å²) in [6.07, 6.45) is 5.09. The zero-order valence-electron chi connectivity index (χ0n) is 14.6. The number of aryl methyl sites for hydroxylation is 1. The molecule has 3 heterocycles. The summed E-state index contributed by atoms with van der Waals surface area (Å²) in [4.78, 5) is 32.5. The number of imidazole rings is 1. The van der Waals surface area contributed by atoms with Gasteiger partial charge in [0.15, 0.2) is 0 Å². The molecule has 0 spiro atoms. The minimum Gasteiger partial charge on any atom is -0.346 e. The van der Waals surface area contributed by atoms with Gasteiger partial charge in [-0.05, 0) is 31.2 Å². The van der Waals surface area contributed by atoms with Gasteiger partial charge in [-0.25, -0.2) is 19.9 Å². The zero-order chi connectivity index (χ0) is 19.0. The number of rotatable bonds is 4. The van der Waals surface area contributed by atoms with Crippen molar-refractivity contribution in [3.8, 4) is 11.4 Å². The highest BCUT2D eigenvalue weighted by molar-refractivity contribution is 6.31. The molecule has 1 atom stereocenters. The van der Waals surface area contributed by atoms with Gasteiger partial charge in [0.25, 0.3) is 5.56 Å². The van der Waals surface area contributed by atoms with Gasteiger partial charge in [0, 0.05) is 18.3 Å². The third-order valence-electron chi connectivity index (χ3n) is 4.17. The predicted octanol–water partition coefficient (Wildman–Crippen LogP) is 2.94. The topological polar surface area (TPSA) is 101 Å². The highest BCUT2D eigenvalue weighted by atomic mass is 35.5. The molecular formula is C18H16ClN7O. The summed E-state index contributed by atoms with van der Waals surface area (Å²) in [6, 6.07) is 6.55. The fraction of sp³-hybridized carbons (Fsp3) is 0.167. The van der Waals surface area contributed by atoms with Gasteiger partial charge in [0.1, 0.15) is 5.69 Å². The third kappa shape index (κ3) is 3.39. The van der Waals surface area contributed by atoms with Crippen LogP contribution in [0.5, 0.6) is 0 Å². The molecule has 0 aliphatic heterocycles. The molecule has 9 heteroatoms. The molecule has 0 saturated carbocycles. The third-order valence-corrected chi connectivity index (χ3v) is 4.41. The van der Waals surface area contributed by atoms with Gasteiger partial charge in [-0.3, -0.25) is 4.79 Å². The molecule has 0 saturated heterocycles. The van der Waals surface area contributed by atoms with Crippen molar-refractivity contribution >= 4 is 28.6 Å². The summed E-state index contributed by atoms with van der Waals surface area (Å²) in [5.41, 5.74) is 2.91. The second-order valence-electron chi connectivity index (χ2n) is 6.13. The molecule has 8 nitrogen and oxygen atoms in total. The lowest BCUT2D eigenvalue weighted by molar-refractivity contribution is 0.807. The maximum Gasteiger partial charge on any atom is 0.272 e. The van der Waals surface area contributed by atoms with E-state index in [2.05, 4.69) is 30.2 Å². The first-order chi connectivity index (χ1) is 13.0. The van der Waals surface area contributed by atoms with Crippen LogP contribution < -0.4 is 10.9 Å². The van der Waals surface area contributed by atoms with Crippen molar-refractivity contribution in [2.45, 2.75) is 13.0 Å². The zero-order valence-corrected chi connectivity index (χ0v) is 15.4. The SMILES string of the molecule is C[C@H](Nc1nccc(-c2cncn2C)n1)c1nc2cc(Cl)ccc2[nH]c1=O. The standard InChI is InChI=1S/C18H16ClN7O/c1-10(16-17(27)24-12-4-3-11(19)7-14(12)23-16)22-18-21-6-5-13(25-18)15-8-20-9-26(15)2/h3-10H,1-2H3,(H,24,27)(H,21,22,25)/t10-/m0/s1. The molecule has 0 unspecified atom stereocenters. The molecule has 4 rings (SSSR count). The summed E-state index contributed by atoms with van der Waals surface area (Å²) in [5, 5.41) is 3.69. The van der Waals surface area contributed by atoms with E-state index in [-0.39, 0.29) is 5.56 Å². The molecule has 0 aliphatic rings. The number of H-pyrrole nitrogens is 1. The Kier molecular flexibility index (Phi) is 4.33. The van der Waals surface area contributed by atoms with Gasteiger partial charge in [0.05, 0.1) is 41.0 Å². The van der Waals surface area contributed by atoms with E-state index in [1.807, 2.05) is 18.5 Å². The molecule has 0 bridgehead atoms. The molecule has 0 aliphatic carbocycles. The molecule has 0 amide bonds. The van der Waals surface area contributed by atoms with Crippen molar-refractivity contribution in [2.24, 2.45) is 7.05 Å². The molecule has 1 aromatic carbocycles. The Morgan fingerprint density at radius 2 is 2.11 bits per heavy atom. The van der Waals surface area contributed by atoms with Crippen molar-refractivity contribution in [1.29, 1.82) is 0 Å². The number of nitrogens with zero attached hydrogens (tertiary/aromatic N) is 5. The monoisotopic (exact) mass is 381 g/mol. The average Bonchev–Trinajstić information content (AvgIpc) is 3.07. The summed E-state index contributed by atoms with van der Waals surface area (Å²) in [7, 11) is 1.89. The van der Waals surface area contributed by atoms with Crippen molar-refractivity contribution in [3.05, 3.63) is 64.1 Å². The lowest BCUT2D eigenvalue weighted by Gasteiger charge is -2.14. The van der Waals surface area contributed by atoms with Gasteiger partial charge in [-0.2, -0.15) is 0 Å². The normalized spacial score (nSPS) is 12.3.